The fourth-order valence-electron chi connectivity index (χ4n) is 2.99. The van der Waals surface area contributed by atoms with Crippen LogP contribution in [0.4, 0.5) is 15.2 Å². The van der Waals surface area contributed by atoms with Gasteiger partial charge >= 0.3 is 0 Å². The van der Waals surface area contributed by atoms with E-state index in [2.05, 4.69) is 15.6 Å². The number of nitrogens with one attached hydrogen (secondary N) is 2. The van der Waals surface area contributed by atoms with Crippen molar-refractivity contribution >= 4 is 45.6 Å². The Balaban J connectivity index is 1.56. The third-order valence-corrected chi connectivity index (χ3v) is 5.33. The largest absolute Gasteiger partial charge is 0.326 e. The molecule has 2 aromatic carbocycles. The fraction of sp³-hybridized carbons (Fsp3) is 0.105. The van der Waals surface area contributed by atoms with Crippen LogP contribution in [-0.2, 0) is 9.59 Å². The van der Waals surface area contributed by atoms with Gasteiger partial charge in [-0.15, -0.1) is 11.3 Å². The minimum Gasteiger partial charge on any atom is -0.326 e. The van der Waals surface area contributed by atoms with Crippen LogP contribution in [0, 0.1) is 5.82 Å². The van der Waals surface area contributed by atoms with E-state index in [4.69, 9.17) is 11.6 Å². The third-order valence-electron chi connectivity index (χ3n) is 4.26. The van der Waals surface area contributed by atoms with Crippen LogP contribution in [0.25, 0.3) is 11.3 Å². The summed E-state index contributed by atoms with van der Waals surface area (Å²) < 4.78 is 13.2. The Morgan fingerprint density at radius 1 is 1.30 bits per heavy atom. The normalized spacial score (nSPS) is 15.8. The van der Waals surface area contributed by atoms with Gasteiger partial charge in [-0.3, -0.25) is 9.59 Å². The first-order valence-corrected chi connectivity index (χ1v) is 9.37. The van der Waals surface area contributed by atoms with Crippen molar-refractivity contribution in [1.29, 1.82) is 0 Å². The molecule has 4 rings (SSSR count). The molecule has 0 radical (unpaired) electrons. The van der Waals surface area contributed by atoms with Gasteiger partial charge in [-0.2, -0.15) is 0 Å². The Kier molecular flexibility index (Phi) is 4.63. The van der Waals surface area contributed by atoms with Crippen molar-refractivity contribution in [2.45, 2.75) is 12.3 Å². The van der Waals surface area contributed by atoms with Crippen molar-refractivity contribution in [2.75, 3.05) is 10.6 Å². The summed E-state index contributed by atoms with van der Waals surface area (Å²) in [7, 11) is 0. The molecule has 136 valence electrons. The summed E-state index contributed by atoms with van der Waals surface area (Å²) in [6.45, 7) is 0. The monoisotopic (exact) mass is 401 g/mol. The molecular formula is C19H13ClFN3O2S. The van der Waals surface area contributed by atoms with Crippen LogP contribution in [0.5, 0.6) is 0 Å². The van der Waals surface area contributed by atoms with E-state index in [1.807, 2.05) is 12.1 Å². The summed E-state index contributed by atoms with van der Waals surface area (Å²) in [5.41, 5.74) is 2.54. The number of carbonyl (C=O) groups excluding carboxylic acids is 2. The molecule has 1 aromatic heterocycles. The highest BCUT2D eigenvalue weighted by Gasteiger charge is 2.30. The molecule has 3 aromatic rings. The molecular weight excluding hydrogens is 389 g/mol. The molecule has 0 saturated carbocycles. The van der Waals surface area contributed by atoms with Gasteiger partial charge in [0.15, 0.2) is 5.13 Å². The third kappa shape index (κ3) is 3.56. The van der Waals surface area contributed by atoms with E-state index in [1.165, 1.54) is 23.5 Å². The van der Waals surface area contributed by atoms with Gasteiger partial charge in [0, 0.05) is 23.1 Å². The van der Waals surface area contributed by atoms with Crippen LogP contribution in [0.2, 0.25) is 5.02 Å². The highest BCUT2D eigenvalue weighted by atomic mass is 35.5. The lowest BCUT2D eigenvalue weighted by molar-refractivity contribution is -0.123. The number of rotatable bonds is 3. The van der Waals surface area contributed by atoms with Crippen LogP contribution in [-0.4, -0.2) is 16.8 Å². The lowest BCUT2D eigenvalue weighted by Crippen LogP contribution is -2.30. The molecule has 1 aliphatic rings. The first-order chi connectivity index (χ1) is 13.0. The van der Waals surface area contributed by atoms with Gasteiger partial charge in [0.2, 0.25) is 11.8 Å². The molecule has 5 nitrogen and oxygen atoms in total. The zero-order valence-electron chi connectivity index (χ0n) is 13.8. The SMILES string of the molecule is O=C1C[C@H](C(=O)Nc2nc(-c3ccc(F)cc3Cl)cs2)c2ccccc2N1. The fourth-order valence-corrected chi connectivity index (χ4v) is 3.97. The zero-order chi connectivity index (χ0) is 19.0. The number of nitrogens with zero attached hydrogens (tertiary/aromatic N) is 1. The number of para-hydroxylation sites is 1. The van der Waals surface area contributed by atoms with E-state index in [0.29, 0.717) is 22.1 Å². The van der Waals surface area contributed by atoms with Gasteiger partial charge in [0.1, 0.15) is 5.82 Å². The van der Waals surface area contributed by atoms with E-state index in [9.17, 15) is 14.0 Å². The van der Waals surface area contributed by atoms with E-state index in [1.54, 1.807) is 23.6 Å². The highest BCUT2D eigenvalue weighted by molar-refractivity contribution is 7.14. The molecule has 0 fully saturated rings. The van der Waals surface area contributed by atoms with Crippen molar-refractivity contribution < 1.29 is 14.0 Å². The van der Waals surface area contributed by atoms with Gasteiger partial charge in [-0.25, -0.2) is 9.37 Å². The molecule has 1 aliphatic heterocycles. The average Bonchev–Trinajstić information content (AvgIpc) is 3.09. The Bertz CT molecular complexity index is 1050. The first-order valence-electron chi connectivity index (χ1n) is 8.12. The minimum atomic E-state index is -0.586. The zero-order valence-corrected chi connectivity index (χ0v) is 15.4. The van der Waals surface area contributed by atoms with Crippen molar-refractivity contribution in [1.82, 2.24) is 4.98 Å². The number of halogens is 2. The van der Waals surface area contributed by atoms with Crippen molar-refractivity contribution in [3.05, 3.63) is 64.2 Å². The number of anilines is 2. The van der Waals surface area contributed by atoms with Crippen LogP contribution in [0.1, 0.15) is 17.9 Å². The van der Waals surface area contributed by atoms with Crippen molar-refractivity contribution in [2.24, 2.45) is 0 Å². The Morgan fingerprint density at radius 3 is 2.93 bits per heavy atom. The molecule has 8 heteroatoms. The second kappa shape index (κ2) is 7.09. The lowest BCUT2D eigenvalue weighted by atomic mass is 9.90. The summed E-state index contributed by atoms with van der Waals surface area (Å²) in [5, 5.41) is 7.90. The highest BCUT2D eigenvalue weighted by Crippen LogP contribution is 2.34. The standard InChI is InChI=1S/C19H13ClFN3O2S/c20-14-7-10(21)5-6-12(14)16-9-27-19(23-16)24-18(26)13-8-17(25)22-15-4-2-1-3-11(13)15/h1-7,9,13H,8H2,(H,22,25)(H,23,24,26)/t13-/m0/s1. The Hall–Kier alpha value is -2.77. The predicted octanol–water partition coefficient (Wildman–Crippen LogP) is 4.67. The number of hydrogen-bond acceptors (Lipinski definition) is 4. The minimum absolute atomic E-state index is 0.0743. The summed E-state index contributed by atoms with van der Waals surface area (Å²) in [6, 6.07) is 11.3. The number of thiazole rings is 1. The van der Waals surface area contributed by atoms with Gasteiger partial charge < -0.3 is 10.6 Å². The summed E-state index contributed by atoms with van der Waals surface area (Å²) in [6.07, 6.45) is 0.0743. The molecule has 0 spiro atoms. The number of fused-ring (bicyclic) bond motifs is 1. The quantitative estimate of drug-likeness (QED) is 0.670. The van der Waals surface area contributed by atoms with Gasteiger partial charge in [-0.05, 0) is 29.8 Å². The second-order valence-electron chi connectivity index (χ2n) is 6.04. The maximum Gasteiger partial charge on any atom is 0.234 e. The van der Waals surface area contributed by atoms with E-state index in [0.717, 1.165) is 5.56 Å². The molecule has 0 aliphatic carbocycles. The lowest BCUT2D eigenvalue weighted by Gasteiger charge is -2.24. The molecule has 0 saturated heterocycles. The molecule has 2 amide bonds. The van der Waals surface area contributed by atoms with Gasteiger partial charge in [0.05, 0.1) is 16.6 Å². The maximum absolute atomic E-state index is 13.2. The second-order valence-corrected chi connectivity index (χ2v) is 7.31. The van der Waals surface area contributed by atoms with Crippen LogP contribution >= 0.6 is 22.9 Å². The molecule has 2 N–H and O–H groups in total. The predicted molar refractivity (Wildman–Crippen MR) is 104 cm³/mol. The van der Waals surface area contributed by atoms with Crippen LogP contribution in [0.3, 0.4) is 0 Å². The van der Waals surface area contributed by atoms with Crippen LogP contribution < -0.4 is 10.6 Å². The maximum atomic E-state index is 13.2. The summed E-state index contributed by atoms with van der Waals surface area (Å²) in [4.78, 5) is 29.0. The molecule has 2 heterocycles. The van der Waals surface area contributed by atoms with Crippen molar-refractivity contribution in [3.63, 3.8) is 0 Å². The number of carbonyl (C=O) groups is 2. The average molecular weight is 402 g/mol. The topological polar surface area (TPSA) is 71.1 Å². The molecule has 0 unspecified atom stereocenters. The van der Waals surface area contributed by atoms with E-state index in [-0.39, 0.29) is 23.3 Å². The van der Waals surface area contributed by atoms with E-state index >= 15 is 0 Å². The van der Waals surface area contributed by atoms with Crippen molar-refractivity contribution in [3.8, 4) is 11.3 Å². The van der Waals surface area contributed by atoms with E-state index < -0.39 is 11.7 Å². The number of benzene rings is 2. The Morgan fingerprint density at radius 2 is 2.11 bits per heavy atom. The number of aromatic nitrogens is 1. The van der Waals surface area contributed by atoms with Gasteiger partial charge in [-0.1, -0.05) is 29.8 Å². The number of hydrogen-bond donors (Lipinski definition) is 2. The smallest absolute Gasteiger partial charge is 0.234 e. The first kappa shape index (κ1) is 17.6. The summed E-state index contributed by atoms with van der Waals surface area (Å²) in [5.74, 6) is -1.52. The van der Waals surface area contributed by atoms with Crippen LogP contribution in [0.15, 0.2) is 47.8 Å². The number of amides is 2. The molecule has 0 bridgehead atoms. The molecule has 1 atom stereocenters. The molecule has 27 heavy (non-hydrogen) atoms. The van der Waals surface area contributed by atoms with Gasteiger partial charge in [0.25, 0.3) is 0 Å². The summed E-state index contributed by atoms with van der Waals surface area (Å²) >= 11 is 7.30. The Labute approximate surface area is 163 Å².